The van der Waals surface area contributed by atoms with Crippen LogP contribution in [-0.2, 0) is 13.1 Å². The third-order valence-corrected chi connectivity index (χ3v) is 3.98. The normalized spacial score (nSPS) is 11.1. The van der Waals surface area contributed by atoms with E-state index < -0.39 is 0 Å². The molecule has 0 atom stereocenters. The predicted octanol–water partition coefficient (Wildman–Crippen LogP) is 4.68. The van der Waals surface area contributed by atoms with E-state index in [9.17, 15) is 0 Å². The minimum atomic E-state index is 0.489. The number of nitrogens with zero attached hydrogens (tertiary/aromatic N) is 3. The predicted molar refractivity (Wildman–Crippen MR) is 91.4 cm³/mol. The van der Waals surface area contributed by atoms with Gasteiger partial charge in [0.25, 0.3) is 0 Å². The quantitative estimate of drug-likeness (QED) is 0.672. The highest BCUT2D eigenvalue weighted by molar-refractivity contribution is 6.31. The zero-order valence-corrected chi connectivity index (χ0v) is 14.1. The zero-order valence-electron chi connectivity index (χ0n) is 12.5. The van der Waals surface area contributed by atoms with E-state index in [0.29, 0.717) is 29.9 Å². The fraction of sp³-hybridized carbons (Fsp3) is 0.176. The van der Waals surface area contributed by atoms with E-state index >= 15 is 0 Å². The van der Waals surface area contributed by atoms with Crippen LogP contribution in [0.15, 0.2) is 52.9 Å². The van der Waals surface area contributed by atoms with Gasteiger partial charge >= 0.3 is 0 Å². The third-order valence-electron chi connectivity index (χ3n) is 3.36. The highest BCUT2D eigenvalue weighted by Gasteiger charge is 2.11. The van der Waals surface area contributed by atoms with Crippen molar-refractivity contribution in [3.8, 4) is 11.5 Å². The Morgan fingerprint density at radius 3 is 2.43 bits per heavy atom. The molecule has 0 aliphatic heterocycles. The van der Waals surface area contributed by atoms with Gasteiger partial charge in [0.2, 0.25) is 11.8 Å². The standard InChI is InChI=1S/C17H15Cl2N3O/c1-22(10-13-4-2-3-5-15(13)19)11-16-20-21-17(23-16)12-6-8-14(18)9-7-12/h2-9H,10-11H2,1H3. The summed E-state index contributed by atoms with van der Waals surface area (Å²) < 4.78 is 5.71. The molecule has 0 N–H and O–H groups in total. The summed E-state index contributed by atoms with van der Waals surface area (Å²) in [5, 5.41) is 9.61. The van der Waals surface area contributed by atoms with Crippen molar-refractivity contribution < 1.29 is 4.42 Å². The number of aromatic nitrogens is 2. The first-order chi connectivity index (χ1) is 11.1. The maximum Gasteiger partial charge on any atom is 0.247 e. The lowest BCUT2D eigenvalue weighted by Gasteiger charge is -2.15. The first kappa shape index (κ1) is 16.0. The second-order valence-electron chi connectivity index (χ2n) is 5.27. The fourth-order valence-corrected chi connectivity index (χ4v) is 2.55. The second kappa shape index (κ2) is 7.13. The summed E-state index contributed by atoms with van der Waals surface area (Å²) in [6.45, 7) is 1.25. The van der Waals surface area contributed by atoms with Crippen LogP contribution in [0.3, 0.4) is 0 Å². The molecule has 1 heterocycles. The van der Waals surface area contributed by atoms with Crippen LogP contribution in [0.25, 0.3) is 11.5 Å². The summed E-state index contributed by atoms with van der Waals surface area (Å²) in [6, 6.07) is 15.1. The van der Waals surface area contributed by atoms with E-state index in [1.165, 1.54) is 0 Å². The third kappa shape index (κ3) is 4.10. The molecule has 0 bridgehead atoms. The summed E-state index contributed by atoms with van der Waals surface area (Å²) in [7, 11) is 1.98. The monoisotopic (exact) mass is 347 g/mol. The van der Waals surface area contributed by atoms with Crippen LogP contribution in [0.4, 0.5) is 0 Å². The van der Waals surface area contributed by atoms with Crippen LogP contribution in [0.2, 0.25) is 10.0 Å². The molecule has 6 heteroatoms. The molecule has 0 spiro atoms. The van der Waals surface area contributed by atoms with Gasteiger partial charge in [-0.3, -0.25) is 4.90 Å². The smallest absolute Gasteiger partial charge is 0.247 e. The van der Waals surface area contributed by atoms with Crippen LogP contribution in [0, 0.1) is 0 Å². The molecule has 0 saturated heterocycles. The Bertz CT molecular complexity index is 787. The number of halogens is 2. The summed E-state index contributed by atoms with van der Waals surface area (Å²) in [5.41, 5.74) is 1.91. The van der Waals surface area contributed by atoms with Crippen molar-refractivity contribution in [2.45, 2.75) is 13.1 Å². The molecule has 4 nitrogen and oxygen atoms in total. The average Bonchev–Trinajstić information content (AvgIpc) is 2.98. The maximum absolute atomic E-state index is 6.18. The Labute approximate surface area is 144 Å². The van der Waals surface area contributed by atoms with Gasteiger partial charge in [-0.1, -0.05) is 41.4 Å². The molecule has 3 aromatic rings. The van der Waals surface area contributed by atoms with Crippen LogP contribution in [0.1, 0.15) is 11.5 Å². The summed E-state index contributed by atoms with van der Waals surface area (Å²) in [4.78, 5) is 2.07. The first-order valence-electron chi connectivity index (χ1n) is 7.12. The SMILES string of the molecule is CN(Cc1nnc(-c2ccc(Cl)cc2)o1)Cc1ccccc1Cl. The van der Waals surface area contributed by atoms with E-state index in [0.717, 1.165) is 16.1 Å². The lowest BCUT2D eigenvalue weighted by molar-refractivity contribution is 0.283. The van der Waals surface area contributed by atoms with Gasteiger partial charge in [-0.2, -0.15) is 0 Å². The van der Waals surface area contributed by atoms with Crippen molar-refractivity contribution in [1.82, 2.24) is 15.1 Å². The Kier molecular flexibility index (Phi) is 4.96. The van der Waals surface area contributed by atoms with E-state index in [4.69, 9.17) is 27.6 Å². The Morgan fingerprint density at radius 1 is 0.957 bits per heavy atom. The van der Waals surface area contributed by atoms with Gasteiger partial charge in [-0.15, -0.1) is 10.2 Å². The van der Waals surface area contributed by atoms with E-state index in [-0.39, 0.29) is 0 Å². The van der Waals surface area contributed by atoms with Crippen molar-refractivity contribution in [1.29, 1.82) is 0 Å². The average molecular weight is 348 g/mol. The molecule has 2 aromatic carbocycles. The lowest BCUT2D eigenvalue weighted by Crippen LogP contribution is -2.17. The molecule has 0 aliphatic rings. The largest absolute Gasteiger partial charge is 0.419 e. The molecule has 0 fully saturated rings. The molecule has 0 unspecified atom stereocenters. The molecule has 0 amide bonds. The second-order valence-corrected chi connectivity index (χ2v) is 6.12. The topological polar surface area (TPSA) is 42.2 Å². The summed E-state index contributed by atoms with van der Waals surface area (Å²) >= 11 is 12.1. The van der Waals surface area contributed by atoms with Crippen molar-refractivity contribution in [3.63, 3.8) is 0 Å². The Balaban J connectivity index is 1.67. The molecular formula is C17H15Cl2N3O. The molecule has 118 valence electrons. The molecule has 0 saturated carbocycles. The minimum Gasteiger partial charge on any atom is -0.419 e. The van der Waals surface area contributed by atoms with Crippen molar-refractivity contribution in [3.05, 3.63) is 70.0 Å². The summed E-state index contributed by atoms with van der Waals surface area (Å²) in [5.74, 6) is 1.05. The Morgan fingerprint density at radius 2 is 1.70 bits per heavy atom. The van der Waals surface area contributed by atoms with E-state index in [1.54, 1.807) is 12.1 Å². The van der Waals surface area contributed by atoms with E-state index in [2.05, 4.69) is 15.1 Å². The fourth-order valence-electron chi connectivity index (χ4n) is 2.23. The minimum absolute atomic E-state index is 0.489. The maximum atomic E-state index is 6.18. The van der Waals surface area contributed by atoms with Crippen molar-refractivity contribution >= 4 is 23.2 Å². The molecule has 3 rings (SSSR count). The van der Waals surface area contributed by atoms with Crippen LogP contribution < -0.4 is 0 Å². The molecule has 0 aliphatic carbocycles. The molecule has 1 aromatic heterocycles. The number of benzene rings is 2. The van der Waals surface area contributed by atoms with Crippen LogP contribution in [0.5, 0.6) is 0 Å². The van der Waals surface area contributed by atoms with Crippen LogP contribution >= 0.6 is 23.2 Å². The van der Waals surface area contributed by atoms with Gasteiger partial charge in [0, 0.05) is 22.2 Å². The van der Waals surface area contributed by atoms with Crippen molar-refractivity contribution in [2.75, 3.05) is 7.05 Å². The number of hydrogen-bond acceptors (Lipinski definition) is 4. The van der Waals surface area contributed by atoms with Gasteiger partial charge in [-0.25, -0.2) is 0 Å². The molecule has 23 heavy (non-hydrogen) atoms. The molecular weight excluding hydrogens is 333 g/mol. The van der Waals surface area contributed by atoms with Gasteiger partial charge in [-0.05, 0) is 42.9 Å². The number of rotatable bonds is 5. The van der Waals surface area contributed by atoms with Gasteiger partial charge < -0.3 is 4.42 Å². The zero-order chi connectivity index (χ0) is 16.2. The van der Waals surface area contributed by atoms with Gasteiger partial charge in [0.15, 0.2) is 0 Å². The first-order valence-corrected chi connectivity index (χ1v) is 7.87. The highest BCUT2D eigenvalue weighted by Crippen LogP contribution is 2.21. The molecule has 0 radical (unpaired) electrons. The van der Waals surface area contributed by atoms with Crippen molar-refractivity contribution in [2.24, 2.45) is 0 Å². The van der Waals surface area contributed by atoms with Crippen LogP contribution in [-0.4, -0.2) is 22.1 Å². The lowest BCUT2D eigenvalue weighted by atomic mass is 10.2. The van der Waals surface area contributed by atoms with E-state index in [1.807, 2.05) is 43.4 Å². The summed E-state index contributed by atoms with van der Waals surface area (Å²) in [6.07, 6.45) is 0. The van der Waals surface area contributed by atoms with Gasteiger partial charge in [0.05, 0.1) is 6.54 Å². The highest BCUT2D eigenvalue weighted by atomic mass is 35.5. The van der Waals surface area contributed by atoms with Gasteiger partial charge in [0.1, 0.15) is 0 Å². The Hall–Kier alpha value is -1.88. The number of hydrogen-bond donors (Lipinski definition) is 0.